The van der Waals surface area contributed by atoms with E-state index >= 15 is 0 Å². The number of carbonyl (C=O) groups excluding carboxylic acids is 1. The van der Waals surface area contributed by atoms with Gasteiger partial charge in [-0.1, -0.05) is 37.5 Å². The van der Waals surface area contributed by atoms with Crippen LogP contribution in [-0.2, 0) is 9.59 Å². The number of rotatable bonds is 10. The van der Waals surface area contributed by atoms with Gasteiger partial charge in [-0.05, 0) is 25.0 Å². The lowest BCUT2D eigenvalue weighted by Crippen LogP contribution is -2.26. The zero-order valence-corrected chi connectivity index (χ0v) is 13.9. The number of hydrogen-bond acceptors (Lipinski definition) is 3. The molecule has 0 heterocycles. The van der Waals surface area contributed by atoms with Crippen molar-refractivity contribution in [3.05, 3.63) is 30.3 Å². The minimum atomic E-state index is -1.04. The normalized spacial score (nSPS) is 23.4. The van der Waals surface area contributed by atoms with Crippen LogP contribution in [0.4, 0.5) is 10.1 Å². The van der Waals surface area contributed by atoms with Gasteiger partial charge in [0.2, 0.25) is 0 Å². The number of nitrogens with one attached hydrogen (secondary N) is 1. The van der Waals surface area contributed by atoms with E-state index in [-0.39, 0.29) is 30.5 Å². The number of aliphatic carboxylic acids is 1. The first-order valence-electron chi connectivity index (χ1n) is 8.75. The van der Waals surface area contributed by atoms with Gasteiger partial charge in [0.1, 0.15) is 12.0 Å². The van der Waals surface area contributed by atoms with Crippen LogP contribution in [0.3, 0.4) is 0 Å². The first-order valence-corrected chi connectivity index (χ1v) is 8.75. The molecule has 1 saturated carbocycles. The van der Waals surface area contributed by atoms with Crippen molar-refractivity contribution < 1.29 is 19.1 Å². The van der Waals surface area contributed by atoms with Crippen molar-refractivity contribution in [1.82, 2.24) is 0 Å². The number of carboxylic acid groups (broad SMARTS) is 1. The number of anilines is 1. The second-order valence-electron chi connectivity index (χ2n) is 6.55. The van der Waals surface area contributed by atoms with E-state index in [0.717, 1.165) is 24.9 Å². The molecule has 2 rings (SSSR count). The van der Waals surface area contributed by atoms with Gasteiger partial charge >= 0.3 is 5.97 Å². The molecule has 0 aliphatic heterocycles. The third-order valence-electron chi connectivity index (χ3n) is 4.77. The summed E-state index contributed by atoms with van der Waals surface area (Å²) in [5.41, 5.74) is 0.944. The van der Waals surface area contributed by atoms with Crippen molar-refractivity contribution in [2.24, 2.45) is 11.8 Å². The summed E-state index contributed by atoms with van der Waals surface area (Å²) < 4.78 is 14.2. The lowest BCUT2D eigenvalue weighted by molar-refractivity contribution is -0.137. The molecule has 0 saturated heterocycles. The van der Waals surface area contributed by atoms with Gasteiger partial charge in [-0.3, -0.25) is 9.59 Å². The molecule has 1 aliphatic rings. The van der Waals surface area contributed by atoms with E-state index in [0.29, 0.717) is 19.4 Å². The van der Waals surface area contributed by atoms with E-state index in [4.69, 9.17) is 5.11 Å². The summed E-state index contributed by atoms with van der Waals surface area (Å²) >= 11 is 0. The van der Waals surface area contributed by atoms with Gasteiger partial charge in [0, 0.05) is 36.9 Å². The molecular formula is C19H26FNO3. The van der Waals surface area contributed by atoms with Gasteiger partial charge in [-0.15, -0.1) is 0 Å². The highest BCUT2D eigenvalue weighted by Crippen LogP contribution is 2.35. The fourth-order valence-corrected chi connectivity index (χ4v) is 3.43. The van der Waals surface area contributed by atoms with Gasteiger partial charge in [-0.25, -0.2) is 4.39 Å². The topological polar surface area (TPSA) is 66.4 Å². The van der Waals surface area contributed by atoms with Gasteiger partial charge in [0.05, 0.1) is 0 Å². The summed E-state index contributed by atoms with van der Waals surface area (Å²) in [4.78, 5) is 22.5. The molecule has 24 heavy (non-hydrogen) atoms. The van der Waals surface area contributed by atoms with E-state index in [9.17, 15) is 14.0 Å². The third kappa shape index (κ3) is 5.62. The van der Waals surface area contributed by atoms with Crippen LogP contribution in [0.1, 0.15) is 44.9 Å². The van der Waals surface area contributed by atoms with E-state index in [2.05, 4.69) is 5.32 Å². The number of ketones is 1. The lowest BCUT2D eigenvalue weighted by Gasteiger charge is -2.20. The van der Waals surface area contributed by atoms with Crippen molar-refractivity contribution in [3.63, 3.8) is 0 Å². The number of halogens is 1. The summed E-state index contributed by atoms with van der Waals surface area (Å²) in [7, 11) is 0. The summed E-state index contributed by atoms with van der Waals surface area (Å²) in [6, 6.07) is 9.64. The van der Waals surface area contributed by atoms with Gasteiger partial charge < -0.3 is 10.4 Å². The van der Waals surface area contributed by atoms with E-state index in [1.807, 2.05) is 30.3 Å². The molecule has 1 aromatic carbocycles. The average molecular weight is 335 g/mol. The van der Waals surface area contributed by atoms with Crippen LogP contribution in [-0.4, -0.2) is 29.6 Å². The summed E-state index contributed by atoms with van der Waals surface area (Å²) in [6.45, 7) is 0.479. The first-order chi connectivity index (χ1) is 11.6. The Bertz CT molecular complexity index is 535. The van der Waals surface area contributed by atoms with Crippen LogP contribution in [0.15, 0.2) is 30.3 Å². The predicted octanol–water partition coefficient (Wildman–Crippen LogP) is 4.07. The molecule has 2 N–H and O–H groups in total. The standard InChI is InChI=1S/C19H26FNO3/c20-17-12-18(22)16(13-21-14-8-4-3-5-9-14)15(17)10-6-1-2-7-11-19(23)24/h3-5,8-9,15-17,21H,1-2,6-7,10-13H2,(H,23,24)/t15-,16-,17?/m1/s1. The molecule has 1 aliphatic carbocycles. The molecular weight excluding hydrogens is 309 g/mol. The van der Waals surface area contributed by atoms with E-state index < -0.39 is 12.1 Å². The highest BCUT2D eigenvalue weighted by atomic mass is 19.1. The molecule has 0 amide bonds. The highest BCUT2D eigenvalue weighted by Gasteiger charge is 2.41. The average Bonchev–Trinajstić information content (AvgIpc) is 2.83. The molecule has 4 nitrogen and oxygen atoms in total. The molecule has 5 heteroatoms. The third-order valence-corrected chi connectivity index (χ3v) is 4.77. The molecule has 132 valence electrons. The number of unbranched alkanes of at least 4 members (excludes halogenated alkanes) is 3. The van der Waals surface area contributed by atoms with Gasteiger partial charge in [0.25, 0.3) is 0 Å². The summed E-state index contributed by atoms with van der Waals surface area (Å²) in [5, 5.41) is 11.8. The summed E-state index contributed by atoms with van der Waals surface area (Å²) in [5.74, 6) is -1.23. The number of alkyl halides is 1. The Morgan fingerprint density at radius 2 is 1.88 bits per heavy atom. The van der Waals surface area contributed by atoms with E-state index in [1.165, 1.54) is 0 Å². The van der Waals surface area contributed by atoms with Crippen LogP contribution in [0.25, 0.3) is 0 Å². The Morgan fingerprint density at radius 1 is 1.17 bits per heavy atom. The number of para-hydroxylation sites is 1. The number of benzene rings is 1. The molecule has 0 radical (unpaired) electrons. The van der Waals surface area contributed by atoms with Gasteiger partial charge in [-0.2, -0.15) is 0 Å². The number of carbonyl (C=O) groups is 2. The van der Waals surface area contributed by atoms with Crippen LogP contribution in [0.5, 0.6) is 0 Å². The van der Waals surface area contributed by atoms with Gasteiger partial charge in [0.15, 0.2) is 0 Å². The molecule has 3 atom stereocenters. The number of carboxylic acids is 1. The number of Topliss-reactive ketones (excluding diaryl/α,β-unsaturated/α-hetero) is 1. The Hall–Kier alpha value is -1.91. The molecule has 1 unspecified atom stereocenters. The zero-order valence-electron chi connectivity index (χ0n) is 13.9. The van der Waals surface area contributed by atoms with Crippen molar-refractivity contribution in [2.45, 2.75) is 51.1 Å². The zero-order chi connectivity index (χ0) is 17.4. The maximum absolute atomic E-state index is 14.2. The maximum Gasteiger partial charge on any atom is 0.303 e. The second-order valence-corrected chi connectivity index (χ2v) is 6.55. The Kier molecular flexibility index (Phi) is 7.22. The van der Waals surface area contributed by atoms with Crippen LogP contribution in [0, 0.1) is 11.8 Å². The monoisotopic (exact) mass is 335 g/mol. The fraction of sp³-hybridized carbons (Fsp3) is 0.579. The highest BCUT2D eigenvalue weighted by molar-refractivity contribution is 5.84. The first kappa shape index (κ1) is 18.4. The Morgan fingerprint density at radius 3 is 2.58 bits per heavy atom. The predicted molar refractivity (Wildman–Crippen MR) is 91.8 cm³/mol. The van der Waals surface area contributed by atoms with Crippen molar-refractivity contribution in [2.75, 3.05) is 11.9 Å². The van der Waals surface area contributed by atoms with Crippen LogP contribution < -0.4 is 5.32 Å². The van der Waals surface area contributed by atoms with E-state index in [1.54, 1.807) is 0 Å². The smallest absolute Gasteiger partial charge is 0.303 e. The quantitative estimate of drug-likeness (QED) is 0.633. The lowest BCUT2D eigenvalue weighted by atomic mass is 9.89. The molecule has 1 fully saturated rings. The molecule has 1 aromatic rings. The minimum absolute atomic E-state index is 0.0156. The molecule has 0 aromatic heterocycles. The second kappa shape index (κ2) is 9.40. The van der Waals surface area contributed by atoms with Crippen molar-refractivity contribution >= 4 is 17.4 Å². The molecule has 0 bridgehead atoms. The maximum atomic E-state index is 14.2. The Balaban J connectivity index is 1.76. The minimum Gasteiger partial charge on any atom is -0.481 e. The van der Waals surface area contributed by atoms with Crippen molar-refractivity contribution in [1.29, 1.82) is 0 Å². The SMILES string of the molecule is O=C(O)CCCCCC[C@H]1C(F)CC(=O)[C@@H]1CNc1ccccc1. The fourth-order valence-electron chi connectivity index (χ4n) is 3.43. The van der Waals surface area contributed by atoms with Crippen molar-refractivity contribution in [3.8, 4) is 0 Å². The largest absolute Gasteiger partial charge is 0.481 e. The Labute approximate surface area is 142 Å². The summed E-state index contributed by atoms with van der Waals surface area (Å²) in [6.07, 6.45) is 3.12. The number of hydrogen-bond donors (Lipinski definition) is 2. The van der Waals surface area contributed by atoms with Crippen LogP contribution in [0.2, 0.25) is 0 Å². The van der Waals surface area contributed by atoms with Crippen LogP contribution >= 0.6 is 0 Å². The molecule has 0 spiro atoms.